The Labute approximate surface area is 219 Å². The van der Waals surface area contributed by atoms with Crippen LogP contribution in [0, 0.1) is 0 Å². The summed E-state index contributed by atoms with van der Waals surface area (Å²) in [6.07, 6.45) is 1.83. The lowest BCUT2D eigenvalue weighted by molar-refractivity contribution is 0.208. The minimum Gasteiger partial charge on any atom is -0.504 e. The van der Waals surface area contributed by atoms with Crippen LogP contribution in [0.5, 0.6) is 11.5 Å². The molecule has 0 radical (unpaired) electrons. The molecule has 1 atom stereocenters. The summed E-state index contributed by atoms with van der Waals surface area (Å²) in [4.78, 5) is 9.20. The van der Waals surface area contributed by atoms with Crippen LogP contribution in [0.25, 0.3) is 10.9 Å². The molecule has 0 saturated carbocycles. The van der Waals surface area contributed by atoms with E-state index in [0.717, 1.165) is 53.9 Å². The van der Waals surface area contributed by atoms with Crippen molar-refractivity contribution in [3.63, 3.8) is 0 Å². The molecule has 3 aromatic carbocycles. The van der Waals surface area contributed by atoms with Gasteiger partial charge >= 0.3 is 0 Å². The van der Waals surface area contributed by atoms with Crippen LogP contribution in [-0.4, -0.2) is 48.3 Å². The summed E-state index contributed by atoms with van der Waals surface area (Å²) >= 11 is 18.8. The Hall–Kier alpha value is -2.70. The molecule has 5 rings (SSSR count). The maximum atomic E-state index is 11.0. The van der Waals surface area contributed by atoms with Gasteiger partial charge in [0.1, 0.15) is 0 Å². The third-order valence-corrected chi connectivity index (χ3v) is 7.48. The zero-order valence-corrected chi connectivity index (χ0v) is 21.4. The van der Waals surface area contributed by atoms with Crippen LogP contribution in [-0.2, 0) is 0 Å². The van der Waals surface area contributed by atoms with Crippen molar-refractivity contribution in [3.8, 4) is 11.5 Å². The largest absolute Gasteiger partial charge is 0.504 e. The highest BCUT2D eigenvalue weighted by atomic mass is 35.5. The average molecular weight is 529 g/mol. The van der Waals surface area contributed by atoms with E-state index in [9.17, 15) is 5.11 Å². The summed E-state index contributed by atoms with van der Waals surface area (Å²) in [5, 5.41) is 13.7. The maximum Gasteiger partial charge on any atom is 0.162 e. The number of anilines is 1. The van der Waals surface area contributed by atoms with Crippen LogP contribution in [0.4, 0.5) is 5.69 Å². The van der Waals surface area contributed by atoms with Gasteiger partial charge in [0.25, 0.3) is 0 Å². The Balaban J connectivity index is 1.47. The van der Waals surface area contributed by atoms with Gasteiger partial charge in [-0.15, -0.1) is 0 Å². The van der Waals surface area contributed by atoms with Crippen molar-refractivity contribution >= 4 is 51.4 Å². The van der Waals surface area contributed by atoms with Gasteiger partial charge in [-0.25, -0.2) is 0 Å². The predicted octanol–water partition coefficient (Wildman–Crippen LogP) is 6.82. The van der Waals surface area contributed by atoms with Crippen molar-refractivity contribution in [2.75, 3.05) is 38.2 Å². The van der Waals surface area contributed by atoms with Gasteiger partial charge in [0.2, 0.25) is 0 Å². The number of nitrogens with zero attached hydrogens (tertiary/aromatic N) is 3. The van der Waals surface area contributed by atoms with E-state index in [2.05, 4.69) is 20.9 Å². The van der Waals surface area contributed by atoms with Crippen LogP contribution in [0.1, 0.15) is 17.2 Å². The van der Waals surface area contributed by atoms with Crippen LogP contribution < -0.4 is 9.64 Å². The van der Waals surface area contributed by atoms with Crippen LogP contribution in [0.2, 0.25) is 15.1 Å². The second-order valence-electron chi connectivity index (χ2n) is 8.49. The molecular weight excluding hydrogens is 505 g/mol. The lowest BCUT2D eigenvalue weighted by Crippen LogP contribution is -2.48. The number of pyridine rings is 1. The molecule has 1 aliphatic rings. The average Bonchev–Trinajstić information content (AvgIpc) is 2.87. The van der Waals surface area contributed by atoms with Crippen molar-refractivity contribution < 1.29 is 9.84 Å². The number of methoxy groups -OCH3 is 1. The van der Waals surface area contributed by atoms with Gasteiger partial charge < -0.3 is 14.7 Å². The van der Waals surface area contributed by atoms with Gasteiger partial charge in [-0.05, 0) is 48.0 Å². The van der Waals surface area contributed by atoms with E-state index in [0.29, 0.717) is 20.8 Å². The maximum absolute atomic E-state index is 11.0. The summed E-state index contributed by atoms with van der Waals surface area (Å²) in [6, 6.07) is 18.9. The summed E-state index contributed by atoms with van der Waals surface area (Å²) in [7, 11) is 1.55. The summed E-state index contributed by atoms with van der Waals surface area (Å²) in [5.41, 5.74) is 3.75. The molecule has 2 heterocycles. The number of aromatic nitrogens is 1. The number of phenols is 1. The fraction of sp³-hybridized carbons (Fsp3) is 0.222. The number of phenolic OH excluding ortho intramolecular Hbond substituents is 1. The first-order chi connectivity index (χ1) is 17.0. The SMILES string of the molecule is COc1cccc(C(c2ccc(Cl)c(Cl)c2)N2CCN(c3ccnc4cc(Cl)ccc34)CC2)c1O. The number of hydrogen-bond donors (Lipinski definition) is 1. The molecular formula is C27H24Cl3N3O2. The monoisotopic (exact) mass is 527 g/mol. The number of benzene rings is 3. The minimum atomic E-state index is -0.213. The predicted molar refractivity (Wildman–Crippen MR) is 144 cm³/mol. The van der Waals surface area contributed by atoms with E-state index >= 15 is 0 Å². The third-order valence-electron chi connectivity index (χ3n) is 6.51. The first kappa shape index (κ1) is 24.0. The number of fused-ring (bicyclic) bond motifs is 1. The molecule has 1 saturated heterocycles. The zero-order valence-electron chi connectivity index (χ0n) is 19.1. The molecule has 1 aromatic heterocycles. The zero-order chi connectivity index (χ0) is 24.5. The van der Waals surface area contributed by atoms with Gasteiger partial charge in [0.05, 0.1) is 28.7 Å². The Kier molecular flexibility index (Phi) is 6.94. The van der Waals surface area contributed by atoms with E-state index in [1.807, 2.05) is 48.7 Å². The third kappa shape index (κ3) is 4.74. The second kappa shape index (κ2) is 10.1. The van der Waals surface area contributed by atoms with Crippen molar-refractivity contribution in [1.82, 2.24) is 9.88 Å². The molecule has 1 N–H and O–H groups in total. The lowest BCUT2D eigenvalue weighted by atomic mass is 9.95. The Morgan fingerprint density at radius 1 is 0.914 bits per heavy atom. The molecule has 0 amide bonds. The molecule has 5 nitrogen and oxygen atoms in total. The number of rotatable bonds is 5. The summed E-state index contributed by atoms with van der Waals surface area (Å²) in [6.45, 7) is 3.17. The van der Waals surface area contributed by atoms with E-state index in [-0.39, 0.29) is 11.8 Å². The number of para-hydroxylation sites is 1. The number of halogens is 3. The highest BCUT2D eigenvalue weighted by Gasteiger charge is 2.30. The Bertz CT molecular complexity index is 1370. The molecule has 35 heavy (non-hydrogen) atoms. The Morgan fingerprint density at radius 3 is 2.46 bits per heavy atom. The van der Waals surface area contributed by atoms with Crippen molar-refractivity contribution in [2.45, 2.75) is 6.04 Å². The van der Waals surface area contributed by atoms with Gasteiger partial charge in [-0.1, -0.05) is 53.0 Å². The topological polar surface area (TPSA) is 48.8 Å². The van der Waals surface area contributed by atoms with Gasteiger partial charge in [0.15, 0.2) is 11.5 Å². The number of aromatic hydroxyl groups is 1. The van der Waals surface area contributed by atoms with E-state index in [1.165, 1.54) is 0 Å². The van der Waals surface area contributed by atoms with Crippen molar-refractivity contribution in [3.05, 3.63) is 93.1 Å². The number of hydrogen-bond acceptors (Lipinski definition) is 5. The van der Waals surface area contributed by atoms with E-state index in [4.69, 9.17) is 39.5 Å². The summed E-state index contributed by atoms with van der Waals surface area (Å²) < 4.78 is 5.39. The quantitative estimate of drug-likeness (QED) is 0.308. The first-order valence-corrected chi connectivity index (χ1v) is 12.4. The van der Waals surface area contributed by atoms with E-state index < -0.39 is 0 Å². The second-order valence-corrected chi connectivity index (χ2v) is 9.74. The molecule has 0 spiro atoms. The van der Waals surface area contributed by atoms with Gasteiger partial charge in [-0.2, -0.15) is 0 Å². The molecule has 180 valence electrons. The van der Waals surface area contributed by atoms with Crippen LogP contribution in [0.3, 0.4) is 0 Å². The molecule has 8 heteroatoms. The standard InChI is InChI=1S/C27H24Cl3N3O2/c1-35-25-4-2-3-20(27(25)34)26(17-5-8-21(29)22(30)15-17)33-13-11-32(12-14-33)24-9-10-31-23-16-18(28)6-7-19(23)24/h2-10,15-16,26,34H,11-14H2,1H3. The molecule has 0 aliphatic carbocycles. The van der Waals surface area contributed by atoms with Gasteiger partial charge in [0, 0.05) is 54.0 Å². The highest BCUT2D eigenvalue weighted by Crippen LogP contribution is 2.41. The molecule has 4 aromatic rings. The highest BCUT2D eigenvalue weighted by molar-refractivity contribution is 6.42. The molecule has 1 aliphatic heterocycles. The van der Waals surface area contributed by atoms with Crippen LogP contribution >= 0.6 is 34.8 Å². The van der Waals surface area contributed by atoms with E-state index in [1.54, 1.807) is 19.2 Å². The molecule has 0 bridgehead atoms. The van der Waals surface area contributed by atoms with Crippen LogP contribution in [0.15, 0.2) is 66.9 Å². The Morgan fingerprint density at radius 2 is 1.71 bits per heavy atom. The first-order valence-electron chi connectivity index (χ1n) is 11.3. The number of ether oxygens (including phenoxy) is 1. The smallest absolute Gasteiger partial charge is 0.162 e. The van der Waals surface area contributed by atoms with Gasteiger partial charge in [-0.3, -0.25) is 9.88 Å². The fourth-order valence-electron chi connectivity index (χ4n) is 4.80. The normalized spacial score (nSPS) is 15.4. The molecule has 1 fully saturated rings. The summed E-state index contributed by atoms with van der Waals surface area (Å²) in [5.74, 6) is 0.568. The van der Waals surface area contributed by atoms with Crippen molar-refractivity contribution in [2.24, 2.45) is 0 Å². The van der Waals surface area contributed by atoms with Crippen molar-refractivity contribution in [1.29, 1.82) is 0 Å². The minimum absolute atomic E-state index is 0.130. The lowest BCUT2D eigenvalue weighted by Gasteiger charge is -2.41. The fourth-order valence-corrected chi connectivity index (χ4v) is 5.27. The number of piperazine rings is 1. The molecule has 1 unspecified atom stereocenters.